The number of aliphatic imine (C=N–C) groups is 1. The second-order valence-electron chi connectivity index (χ2n) is 6.58. The van der Waals surface area contributed by atoms with Crippen LogP contribution in [0.25, 0.3) is 0 Å². The molecule has 0 heterocycles. The molecular weight excluding hydrogens is 543 g/mol. The summed E-state index contributed by atoms with van der Waals surface area (Å²) in [5, 5.41) is 10.7. The summed E-state index contributed by atoms with van der Waals surface area (Å²) in [5.41, 5.74) is 0.778. The van der Waals surface area contributed by atoms with Gasteiger partial charge in [-0.05, 0) is 35.9 Å². The van der Waals surface area contributed by atoms with Crippen molar-refractivity contribution in [1.82, 2.24) is 15.5 Å². The van der Waals surface area contributed by atoms with Crippen molar-refractivity contribution >= 4 is 45.9 Å². The van der Waals surface area contributed by atoms with Crippen LogP contribution in [0.4, 0.5) is 8.78 Å². The number of hydrogen-bond acceptors (Lipinski definition) is 4. The Morgan fingerprint density at radius 3 is 2.32 bits per heavy atom. The Hall–Kier alpha value is -2.32. The second kappa shape index (κ2) is 11.9. The fourth-order valence-corrected chi connectivity index (χ4v) is 2.82. The number of likely N-dealkylation sites (N-methyl/N-ethyl adjacent to an activating group) is 1. The molecule has 0 radical (unpaired) electrons. The SMILES string of the molecule is CN(C)C(=O)CNC(=NCc1ccc(S(N)(=O)=O)cc1)NCc1cc(F)ccc1F.I. The number of hydrogen-bond donors (Lipinski definition) is 3. The third-order valence-electron chi connectivity index (χ3n) is 4.03. The van der Waals surface area contributed by atoms with Gasteiger partial charge in [0.2, 0.25) is 15.9 Å². The lowest BCUT2D eigenvalue weighted by atomic mass is 10.2. The van der Waals surface area contributed by atoms with Crippen molar-refractivity contribution in [2.75, 3.05) is 20.6 Å². The van der Waals surface area contributed by atoms with Gasteiger partial charge in [0.05, 0.1) is 18.0 Å². The number of halogens is 3. The van der Waals surface area contributed by atoms with E-state index in [1.54, 1.807) is 26.2 Å². The number of nitrogens with two attached hydrogens (primary N) is 1. The Kier molecular flexibility index (Phi) is 10.3. The normalized spacial score (nSPS) is 11.5. The molecule has 0 aliphatic rings. The van der Waals surface area contributed by atoms with Crippen LogP contribution in [0.3, 0.4) is 0 Å². The summed E-state index contributed by atoms with van der Waals surface area (Å²) in [6, 6.07) is 8.94. The van der Waals surface area contributed by atoms with Gasteiger partial charge >= 0.3 is 0 Å². The highest BCUT2D eigenvalue weighted by Crippen LogP contribution is 2.10. The van der Waals surface area contributed by atoms with Crippen molar-refractivity contribution in [1.29, 1.82) is 0 Å². The van der Waals surface area contributed by atoms with Crippen LogP contribution >= 0.6 is 24.0 Å². The zero-order valence-corrected chi connectivity index (χ0v) is 20.1. The van der Waals surface area contributed by atoms with Gasteiger partial charge in [0.25, 0.3) is 0 Å². The quantitative estimate of drug-likeness (QED) is 0.267. The number of rotatable bonds is 7. The van der Waals surface area contributed by atoms with E-state index >= 15 is 0 Å². The van der Waals surface area contributed by atoms with Crippen molar-refractivity contribution in [2.24, 2.45) is 10.1 Å². The van der Waals surface area contributed by atoms with E-state index in [1.807, 2.05) is 0 Å². The predicted octanol–water partition coefficient (Wildman–Crippen LogP) is 1.55. The number of primary sulfonamides is 1. The van der Waals surface area contributed by atoms with E-state index in [-0.39, 0.29) is 65.9 Å². The molecule has 1 amide bonds. The molecule has 31 heavy (non-hydrogen) atoms. The second-order valence-corrected chi connectivity index (χ2v) is 8.15. The maximum absolute atomic E-state index is 13.8. The fraction of sp³-hybridized carbons (Fsp3) is 0.263. The molecule has 0 atom stereocenters. The molecule has 12 heteroatoms. The first-order valence-electron chi connectivity index (χ1n) is 8.84. The third-order valence-corrected chi connectivity index (χ3v) is 4.96. The lowest BCUT2D eigenvalue weighted by molar-refractivity contribution is -0.127. The predicted molar refractivity (Wildman–Crippen MR) is 124 cm³/mol. The summed E-state index contributed by atoms with van der Waals surface area (Å²) in [5.74, 6) is -1.16. The summed E-state index contributed by atoms with van der Waals surface area (Å²) in [7, 11) is -0.592. The third kappa shape index (κ3) is 8.75. The van der Waals surface area contributed by atoms with Gasteiger partial charge in [0, 0.05) is 26.2 Å². The molecule has 0 aliphatic heterocycles. The lowest BCUT2D eigenvalue weighted by Gasteiger charge is -2.15. The Balaban J connectivity index is 0.00000480. The molecule has 0 aromatic heterocycles. The Labute approximate surface area is 197 Å². The molecule has 0 aliphatic carbocycles. The average molecular weight is 567 g/mol. The number of sulfonamides is 1. The first-order chi connectivity index (χ1) is 14.1. The zero-order valence-electron chi connectivity index (χ0n) is 16.9. The van der Waals surface area contributed by atoms with E-state index in [0.717, 1.165) is 18.2 Å². The Morgan fingerprint density at radius 1 is 1.10 bits per heavy atom. The monoisotopic (exact) mass is 567 g/mol. The first kappa shape index (κ1) is 26.7. The maximum atomic E-state index is 13.8. The summed E-state index contributed by atoms with van der Waals surface area (Å²) in [6.45, 7) is 0.0206. The van der Waals surface area contributed by atoms with Crippen molar-refractivity contribution in [3.05, 3.63) is 65.2 Å². The Bertz CT molecular complexity index is 1030. The minimum atomic E-state index is -3.79. The molecule has 2 aromatic carbocycles. The van der Waals surface area contributed by atoms with Gasteiger partial charge in [-0.1, -0.05) is 12.1 Å². The van der Waals surface area contributed by atoms with Gasteiger partial charge < -0.3 is 15.5 Å². The topological polar surface area (TPSA) is 117 Å². The fourth-order valence-electron chi connectivity index (χ4n) is 2.30. The largest absolute Gasteiger partial charge is 0.352 e. The highest BCUT2D eigenvalue weighted by molar-refractivity contribution is 14.0. The maximum Gasteiger partial charge on any atom is 0.241 e. The molecule has 0 saturated heterocycles. The van der Waals surface area contributed by atoms with Crippen LogP contribution in [0.5, 0.6) is 0 Å². The molecule has 0 unspecified atom stereocenters. The summed E-state index contributed by atoms with van der Waals surface area (Å²) < 4.78 is 49.8. The number of carbonyl (C=O) groups excluding carboxylic acids is 1. The van der Waals surface area contributed by atoms with Gasteiger partial charge in [-0.2, -0.15) is 0 Å². The van der Waals surface area contributed by atoms with Crippen LogP contribution in [0, 0.1) is 11.6 Å². The van der Waals surface area contributed by atoms with E-state index in [0.29, 0.717) is 5.56 Å². The van der Waals surface area contributed by atoms with Gasteiger partial charge in [-0.25, -0.2) is 27.3 Å². The molecule has 0 fully saturated rings. The summed E-state index contributed by atoms with van der Waals surface area (Å²) in [4.78, 5) is 17.5. The van der Waals surface area contributed by atoms with Crippen LogP contribution in [0.2, 0.25) is 0 Å². The standard InChI is InChI=1S/C19H23F2N5O3S.HI/c1-26(2)18(27)12-25-19(24-11-14-9-15(20)5-8-17(14)21)23-10-13-3-6-16(7-4-13)30(22,28)29;/h3-9H,10-12H2,1-2H3,(H2,22,28,29)(H2,23,24,25);1H. The molecule has 170 valence electrons. The first-order valence-corrected chi connectivity index (χ1v) is 10.4. The van der Waals surface area contributed by atoms with E-state index in [4.69, 9.17) is 5.14 Å². The molecule has 0 bridgehead atoms. The van der Waals surface area contributed by atoms with Crippen LogP contribution in [-0.4, -0.2) is 45.8 Å². The number of amides is 1. The van der Waals surface area contributed by atoms with Crippen LogP contribution in [0.15, 0.2) is 52.4 Å². The minimum Gasteiger partial charge on any atom is -0.352 e. The van der Waals surface area contributed by atoms with Crippen LogP contribution in [-0.2, 0) is 27.9 Å². The molecular formula is C19H24F2IN5O3S. The molecule has 0 spiro atoms. The van der Waals surface area contributed by atoms with Gasteiger partial charge in [-0.15, -0.1) is 24.0 Å². The molecule has 2 aromatic rings. The molecule has 8 nitrogen and oxygen atoms in total. The smallest absolute Gasteiger partial charge is 0.241 e. The van der Waals surface area contributed by atoms with E-state index < -0.39 is 21.7 Å². The molecule has 0 saturated carbocycles. The number of benzene rings is 2. The van der Waals surface area contributed by atoms with Crippen molar-refractivity contribution in [3.63, 3.8) is 0 Å². The van der Waals surface area contributed by atoms with Crippen molar-refractivity contribution in [2.45, 2.75) is 18.0 Å². The molecule has 2 rings (SSSR count). The van der Waals surface area contributed by atoms with Crippen molar-refractivity contribution in [3.8, 4) is 0 Å². The number of nitrogens with zero attached hydrogens (tertiary/aromatic N) is 2. The van der Waals surface area contributed by atoms with Crippen molar-refractivity contribution < 1.29 is 22.0 Å². The minimum absolute atomic E-state index is 0. The number of guanidine groups is 1. The average Bonchev–Trinajstić information content (AvgIpc) is 2.69. The summed E-state index contributed by atoms with van der Waals surface area (Å²) >= 11 is 0. The highest BCUT2D eigenvalue weighted by Gasteiger charge is 2.09. The number of nitrogens with one attached hydrogen (secondary N) is 2. The highest BCUT2D eigenvalue weighted by atomic mass is 127. The number of carbonyl (C=O) groups is 1. The Morgan fingerprint density at radius 2 is 1.74 bits per heavy atom. The van der Waals surface area contributed by atoms with E-state index in [2.05, 4.69) is 15.6 Å². The lowest BCUT2D eigenvalue weighted by Crippen LogP contribution is -2.42. The van der Waals surface area contributed by atoms with Gasteiger partial charge in [-0.3, -0.25) is 4.79 Å². The van der Waals surface area contributed by atoms with E-state index in [9.17, 15) is 22.0 Å². The van der Waals surface area contributed by atoms with Crippen LogP contribution < -0.4 is 15.8 Å². The van der Waals surface area contributed by atoms with E-state index in [1.165, 1.54) is 17.0 Å². The van der Waals surface area contributed by atoms with Crippen LogP contribution in [0.1, 0.15) is 11.1 Å². The summed E-state index contributed by atoms with van der Waals surface area (Å²) in [6.07, 6.45) is 0. The molecule has 4 N–H and O–H groups in total. The van der Waals surface area contributed by atoms with Gasteiger partial charge in [0.1, 0.15) is 11.6 Å². The van der Waals surface area contributed by atoms with Gasteiger partial charge in [0.15, 0.2) is 5.96 Å². The zero-order chi connectivity index (χ0) is 22.3.